The number of carbonyl (C=O) groups is 3. The van der Waals surface area contributed by atoms with Crippen LogP contribution in [-0.2, 0) is 23.5 Å². The fraction of sp³-hybridized carbons (Fsp3) is 0.682. The third kappa shape index (κ3) is 5.13. The summed E-state index contributed by atoms with van der Waals surface area (Å²) in [5.41, 5.74) is 5.67. The molecule has 0 aromatic heterocycles. The molecule has 0 bridgehead atoms. The van der Waals surface area contributed by atoms with Crippen molar-refractivity contribution in [2.24, 2.45) is 11.7 Å². The number of carbonyl (C=O) groups excluding carboxylic acids is 3. The molecule has 2 rings (SSSR count). The van der Waals surface area contributed by atoms with Crippen molar-refractivity contribution in [3.05, 3.63) is 23.3 Å². The number of hydrogen-bond acceptors (Lipinski definition) is 7. The van der Waals surface area contributed by atoms with E-state index in [2.05, 4.69) is 40.4 Å². The average Bonchev–Trinajstić information content (AvgIpc) is 2.97. The van der Waals surface area contributed by atoms with Crippen molar-refractivity contribution in [2.75, 3.05) is 20.2 Å². The largest absolute Gasteiger partial charge is 0.457 e. The first-order valence-corrected chi connectivity index (χ1v) is 14.6. The van der Waals surface area contributed by atoms with Gasteiger partial charge in [0.2, 0.25) is 11.8 Å². The van der Waals surface area contributed by atoms with E-state index in [-0.39, 0.29) is 40.6 Å². The summed E-state index contributed by atoms with van der Waals surface area (Å²) in [6, 6.07) is -0.519. The molecule has 0 saturated carbocycles. The highest BCUT2D eigenvalue weighted by molar-refractivity contribution is 8.04. The molecule has 2 aliphatic heterocycles. The van der Waals surface area contributed by atoms with Crippen molar-refractivity contribution in [1.29, 1.82) is 0 Å². The molecule has 10 heteroatoms. The zero-order chi connectivity index (χ0) is 24.6. The van der Waals surface area contributed by atoms with Crippen LogP contribution in [0.1, 0.15) is 34.6 Å². The van der Waals surface area contributed by atoms with E-state index < -0.39 is 26.2 Å². The number of β-lactam (4-membered cyclic amide) rings is 1. The number of nitrogens with two attached hydrogens (primary N) is 1. The third-order valence-corrected chi connectivity index (χ3v) is 12.6. The number of ether oxygens (including phenoxy) is 1. The SMILES string of the molecule is C=CCOC(=O)C1=C(CN(C)[C@@H](C)C(N)=O)S[C@@H]2[C@@H]([C@@H](C)O[Si](C)(C)C(C)(C)C)C(=O)N12. The topological polar surface area (TPSA) is 102 Å². The van der Waals surface area contributed by atoms with Crippen molar-refractivity contribution < 1.29 is 23.5 Å². The van der Waals surface area contributed by atoms with Gasteiger partial charge in [0.15, 0.2) is 8.32 Å². The van der Waals surface area contributed by atoms with Gasteiger partial charge in [0, 0.05) is 11.4 Å². The summed E-state index contributed by atoms with van der Waals surface area (Å²) < 4.78 is 11.8. The van der Waals surface area contributed by atoms with Gasteiger partial charge in [-0.1, -0.05) is 33.4 Å². The Balaban J connectivity index is 2.27. The zero-order valence-corrected chi connectivity index (χ0v) is 22.2. The summed E-state index contributed by atoms with van der Waals surface area (Å²) in [7, 11) is -0.312. The average molecular weight is 484 g/mol. The summed E-state index contributed by atoms with van der Waals surface area (Å²) in [5.74, 6) is -1.52. The van der Waals surface area contributed by atoms with Gasteiger partial charge in [0.25, 0.3) is 0 Å². The summed E-state index contributed by atoms with van der Waals surface area (Å²) in [6.45, 7) is 18.4. The smallest absolute Gasteiger partial charge is 0.356 e. The first kappa shape index (κ1) is 26.6. The van der Waals surface area contributed by atoms with Crippen molar-refractivity contribution in [3.63, 3.8) is 0 Å². The number of thioether (sulfide) groups is 1. The summed E-state index contributed by atoms with van der Waals surface area (Å²) >= 11 is 1.46. The molecule has 0 unspecified atom stereocenters. The fourth-order valence-corrected chi connectivity index (χ4v) is 6.53. The summed E-state index contributed by atoms with van der Waals surface area (Å²) in [5, 5.41) is -0.214. The molecule has 8 nitrogen and oxygen atoms in total. The lowest BCUT2D eigenvalue weighted by atomic mass is 9.92. The number of amides is 2. The predicted molar refractivity (Wildman–Crippen MR) is 129 cm³/mol. The second kappa shape index (κ2) is 9.70. The zero-order valence-electron chi connectivity index (χ0n) is 20.4. The van der Waals surface area contributed by atoms with Gasteiger partial charge >= 0.3 is 5.97 Å². The van der Waals surface area contributed by atoms with Crippen molar-refractivity contribution in [1.82, 2.24) is 9.80 Å². The molecule has 1 saturated heterocycles. The number of primary amides is 1. The Kier molecular flexibility index (Phi) is 8.07. The maximum absolute atomic E-state index is 13.2. The Morgan fingerprint density at radius 3 is 2.44 bits per heavy atom. The number of rotatable bonds is 10. The molecule has 1 fully saturated rings. The van der Waals surface area contributed by atoms with E-state index in [1.165, 1.54) is 22.7 Å². The highest BCUT2D eigenvalue weighted by Crippen LogP contribution is 2.52. The van der Waals surface area contributed by atoms with Crippen LogP contribution in [0.3, 0.4) is 0 Å². The fourth-order valence-electron chi connectivity index (χ4n) is 3.44. The van der Waals surface area contributed by atoms with Crippen LogP contribution in [-0.4, -0.2) is 73.6 Å². The lowest BCUT2D eigenvalue weighted by Crippen LogP contribution is -2.62. The number of fused-ring (bicyclic) bond motifs is 1. The Bertz CT molecular complexity index is 823. The Morgan fingerprint density at radius 1 is 1.34 bits per heavy atom. The number of nitrogens with zero attached hydrogens (tertiary/aromatic N) is 2. The first-order valence-electron chi connectivity index (χ1n) is 10.8. The van der Waals surface area contributed by atoms with Crippen LogP contribution < -0.4 is 5.73 Å². The lowest BCUT2D eigenvalue weighted by Gasteiger charge is -2.48. The van der Waals surface area contributed by atoms with Gasteiger partial charge in [-0.05, 0) is 39.0 Å². The van der Waals surface area contributed by atoms with Crippen LogP contribution in [0.4, 0.5) is 0 Å². The van der Waals surface area contributed by atoms with Gasteiger partial charge in [0.05, 0.1) is 18.1 Å². The molecule has 2 amide bonds. The number of hydrogen-bond donors (Lipinski definition) is 1. The van der Waals surface area contributed by atoms with E-state index >= 15 is 0 Å². The van der Waals surface area contributed by atoms with Crippen molar-refractivity contribution in [2.45, 2.75) is 70.3 Å². The van der Waals surface area contributed by atoms with Crippen LogP contribution in [0.5, 0.6) is 0 Å². The molecule has 180 valence electrons. The van der Waals surface area contributed by atoms with E-state index in [1.54, 1.807) is 18.9 Å². The third-order valence-electron chi connectivity index (χ3n) is 6.64. The molecular formula is C22H37N3O5SSi. The normalized spacial score (nSPS) is 23.0. The molecule has 0 aliphatic carbocycles. The lowest BCUT2D eigenvalue weighted by molar-refractivity contribution is -0.157. The summed E-state index contributed by atoms with van der Waals surface area (Å²) in [6.07, 6.45) is 1.21. The van der Waals surface area contributed by atoms with Gasteiger partial charge in [-0.15, -0.1) is 11.8 Å². The monoisotopic (exact) mass is 483 g/mol. The van der Waals surface area contributed by atoms with Gasteiger partial charge in [-0.3, -0.25) is 19.4 Å². The maximum atomic E-state index is 13.2. The standard InChI is InChI=1S/C22H37N3O5SSi/c1-10-11-29-21(28)17-15(12-24(7)13(2)18(23)26)31-20-16(19(27)25(17)20)14(3)30-32(8,9)22(4,5)6/h10,13-14,16,20H,1,11-12H2,2-9H3,(H2,23,26)/t13-,14+,16-,20+/m0/s1. The van der Waals surface area contributed by atoms with Crippen LogP contribution in [0, 0.1) is 5.92 Å². The summed E-state index contributed by atoms with van der Waals surface area (Å²) in [4.78, 5) is 41.5. The second-order valence-corrected chi connectivity index (χ2v) is 15.9. The minimum absolute atomic E-state index is 0.0211. The Morgan fingerprint density at radius 2 is 1.94 bits per heavy atom. The van der Waals surface area contributed by atoms with Crippen LogP contribution >= 0.6 is 11.8 Å². The Labute approximate surface area is 196 Å². The molecule has 2 heterocycles. The minimum atomic E-state index is -2.07. The van der Waals surface area contributed by atoms with E-state index in [0.717, 1.165) is 0 Å². The van der Waals surface area contributed by atoms with Crippen molar-refractivity contribution >= 4 is 37.9 Å². The molecule has 0 aromatic rings. The number of esters is 1. The molecule has 0 aromatic carbocycles. The molecule has 0 spiro atoms. The van der Waals surface area contributed by atoms with Crippen LogP contribution in [0.25, 0.3) is 0 Å². The van der Waals surface area contributed by atoms with Gasteiger partial charge in [-0.2, -0.15) is 0 Å². The van der Waals surface area contributed by atoms with E-state index in [1.807, 2.05) is 6.92 Å². The number of likely N-dealkylation sites (N-methyl/N-ethyl adjacent to an activating group) is 1. The van der Waals surface area contributed by atoms with Crippen LogP contribution in [0.2, 0.25) is 18.1 Å². The molecule has 2 N–H and O–H groups in total. The highest BCUT2D eigenvalue weighted by atomic mass is 32.2. The molecular weight excluding hydrogens is 446 g/mol. The van der Waals surface area contributed by atoms with Crippen LogP contribution in [0.15, 0.2) is 23.3 Å². The highest BCUT2D eigenvalue weighted by Gasteiger charge is 2.59. The van der Waals surface area contributed by atoms with E-state index in [0.29, 0.717) is 11.4 Å². The first-order chi connectivity index (χ1) is 14.6. The molecule has 0 radical (unpaired) electrons. The molecule has 32 heavy (non-hydrogen) atoms. The molecule has 2 aliphatic rings. The van der Waals surface area contributed by atoms with Gasteiger partial charge in [-0.25, -0.2) is 4.79 Å². The predicted octanol–water partition coefficient (Wildman–Crippen LogP) is 2.67. The second-order valence-electron chi connectivity index (χ2n) is 9.98. The van der Waals surface area contributed by atoms with Gasteiger partial charge < -0.3 is 14.9 Å². The van der Waals surface area contributed by atoms with E-state index in [9.17, 15) is 14.4 Å². The van der Waals surface area contributed by atoms with E-state index in [4.69, 9.17) is 14.9 Å². The Hall–Kier alpha value is -1.62. The quantitative estimate of drug-likeness (QED) is 0.221. The molecule has 4 atom stereocenters. The van der Waals surface area contributed by atoms with Crippen molar-refractivity contribution in [3.8, 4) is 0 Å². The minimum Gasteiger partial charge on any atom is -0.457 e. The van der Waals surface area contributed by atoms with Gasteiger partial charge in [0.1, 0.15) is 17.7 Å². The maximum Gasteiger partial charge on any atom is 0.356 e.